The zero-order valence-electron chi connectivity index (χ0n) is 18.0. The summed E-state index contributed by atoms with van der Waals surface area (Å²) in [7, 11) is -2.87. The van der Waals surface area contributed by atoms with Crippen molar-refractivity contribution in [1.82, 2.24) is 5.32 Å². The van der Waals surface area contributed by atoms with Gasteiger partial charge in [-0.3, -0.25) is 14.3 Å². The van der Waals surface area contributed by atoms with Crippen LogP contribution in [0.25, 0.3) is 10.8 Å². The SMILES string of the molecule is CNC(=O)CCCCCC1(C)C(C)=Nc2ccc3c(SOOO)cc(S(=O)(=O)O)cc3c21. The summed E-state index contributed by atoms with van der Waals surface area (Å²) < 4.78 is 38.0. The first-order valence-corrected chi connectivity index (χ1v) is 12.3. The normalized spacial score (nSPS) is 18.0. The molecule has 32 heavy (non-hydrogen) atoms. The topological polar surface area (TPSA) is 135 Å². The minimum Gasteiger partial charge on any atom is -0.359 e. The van der Waals surface area contributed by atoms with Gasteiger partial charge in [-0.25, -0.2) is 5.26 Å². The number of amides is 1. The Balaban J connectivity index is 2.02. The third kappa shape index (κ3) is 4.98. The highest BCUT2D eigenvalue weighted by Gasteiger charge is 2.38. The summed E-state index contributed by atoms with van der Waals surface area (Å²) in [4.78, 5) is 16.2. The number of unbranched alkanes of at least 4 members (excludes halogenated alkanes) is 2. The molecule has 2 aromatic carbocycles. The van der Waals surface area contributed by atoms with E-state index >= 15 is 0 Å². The van der Waals surface area contributed by atoms with Gasteiger partial charge in [-0.15, -0.1) is 4.33 Å². The number of hydrogen-bond acceptors (Lipinski definition) is 8. The molecule has 0 bridgehead atoms. The third-order valence-electron chi connectivity index (χ3n) is 6.00. The molecule has 9 nitrogen and oxygen atoms in total. The van der Waals surface area contributed by atoms with Gasteiger partial charge in [0.05, 0.1) is 22.6 Å². The lowest BCUT2D eigenvalue weighted by molar-refractivity contribution is -0.432. The number of hydrogen-bond donors (Lipinski definition) is 3. The number of carbonyl (C=O) groups is 1. The zero-order chi connectivity index (χ0) is 23.5. The lowest BCUT2D eigenvalue weighted by atomic mass is 9.74. The van der Waals surface area contributed by atoms with Crippen LogP contribution in [0.15, 0.2) is 39.0 Å². The number of aliphatic imine (C=N–C) groups is 1. The highest BCUT2D eigenvalue weighted by molar-refractivity contribution is 7.94. The van der Waals surface area contributed by atoms with E-state index in [9.17, 15) is 17.8 Å². The van der Waals surface area contributed by atoms with E-state index < -0.39 is 15.5 Å². The predicted molar refractivity (Wildman–Crippen MR) is 122 cm³/mol. The van der Waals surface area contributed by atoms with E-state index in [1.54, 1.807) is 13.1 Å². The number of carbonyl (C=O) groups excluding carboxylic acids is 1. The highest BCUT2D eigenvalue weighted by atomic mass is 32.2. The fourth-order valence-electron chi connectivity index (χ4n) is 4.16. The number of nitrogens with one attached hydrogen (secondary N) is 1. The molecule has 3 rings (SSSR count). The molecule has 1 atom stereocenters. The van der Waals surface area contributed by atoms with Gasteiger partial charge in [0.1, 0.15) is 0 Å². The van der Waals surface area contributed by atoms with Crippen molar-refractivity contribution in [2.45, 2.75) is 61.2 Å². The van der Waals surface area contributed by atoms with Crippen LogP contribution in [0.1, 0.15) is 51.5 Å². The Morgan fingerprint density at radius 1 is 1.22 bits per heavy atom. The van der Waals surface area contributed by atoms with E-state index in [0.717, 1.165) is 42.6 Å². The van der Waals surface area contributed by atoms with Crippen molar-refractivity contribution in [3.63, 3.8) is 0 Å². The average molecular weight is 483 g/mol. The van der Waals surface area contributed by atoms with Crippen molar-refractivity contribution in [2.24, 2.45) is 4.99 Å². The van der Waals surface area contributed by atoms with Crippen LogP contribution < -0.4 is 5.32 Å². The van der Waals surface area contributed by atoms with E-state index in [1.165, 1.54) is 12.1 Å². The van der Waals surface area contributed by atoms with Crippen molar-refractivity contribution >= 4 is 50.2 Å². The first-order chi connectivity index (χ1) is 15.1. The summed E-state index contributed by atoms with van der Waals surface area (Å²) in [6.07, 6.45) is 3.75. The van der Waals surface area contributed by atoms with Gasteiger partial charge in [-0.1, -0.05) is 30.9 Å². The van der Waals surface area contributed by atoms with Crippen LogP contribution >= 0.6 is 12.0 Å². The summed E-state index contributed by atoms with van der Waals surface area (Å²) in [6.45, 7) is 4.01. The Morgan fingerprint density at radius 2 is 1.97 bits per heavy atom. The maximum absolute atomic E-state index is 11.9. The molecule has 174 valence electrons. The lowest BCUT2D eigenvalue weighted by Gasteiger charge is -2.28. The molecule has 0 saturated carbocycles. The summed E-state index contributed by atoms with van der Waals surface area (Å²) in [6, 6.07) is 6.34. The van der Waals surface area contributed by atoms with Crippen molar-refractivity contribution in [3.05, 3.63) is 29.8 Å². The second kappa shape index (κ2) is 9.86. The second-order valence-electron chi connectivity index (χ2n) is 7.94. The van der Waals surface area contributed by atoms with Gasteiger partial charge >= 0.3 is 0 Å². The fraction of sp³-hybridized carbons (Fsp3) is 0.429. The maximum atomic E-state index is 11.9. The number of fused-ring (bicyclic) bond motifs is 3. The van der Waals surface area contributed by atoms with Crippen LogP contribution in [0, 0.1) is 0 Å². The van der Waals surface area contributed by atoms with Crippen LogP contribution in [0.3, 0.4) is 0 Å². The van der Waals surface area contributed by atoms with Gasteiger partial charge in [0.15, 0.2) is 0 Å². The van der Waals surface area contributed by atoms with Gasteiger partial charge in [-0.05, 0) is 54.3 Å². The molecule has 2 aromatic rings. The highest BCUT2D eigenvalue weighted by Crippen LogP contribution is 2.48. The molecular weight excluding hydrogens is 456 g/mol. The molecule has 11 heteroatoms. The second-order valence-corrected chi connectivity index (χ2v) is 10.1. The minimum atomic E-state index is -4.49. The van der Waals surface area contributed by atoms with Crippen LogP contribution in [0.2, 0.25) is 0 Å². The monoisotopic (exact) mass is 482 g/mol. The smallest absolute Gasteiger partial charge is 0.294 e. The molecule has 0 radical (unpaired) electrons. The van der Waals surface area contributed by atoms with Crippen LogP contribution in [-0.4, -0.2) is 36.9 Å². The molecule has 1 aliphatic heterocycles. The summed E-state index contributed by atoms with van der Waals surface area (Å²) in [5.41, 5.74) is 2.07. The van der Waals surface area contributed by atoms with E-state index in [4.69, 9.17) is 10.2 Å². The average Bonchev–Trinajstić information content (AvgIpc) is 3.01. The van der Waals surface area contributed by atoms with Crippen molar-refractivity contribution in [1.29, 1.82) is 0 Å². The number of rotatable bonds is 10. The first-order valence-electron chi connectivity index (χ1n) is 10.1. The largest absolute Gasteiger partial charge is 0.359 e. The Hall–Kier alpha value is -2.02. The molecule has 0 saturated heterocycles. The van der Waals surface area contributed by atoms with Crippen molar-refractivity contribution < 1.29 is 32.4 Å². The molecule has 1 aliphatic rings. The lowest BCUT2D eigenvalue weighted by Crippen LogP contribution is -2.28. The van der Waals surface area contributed by atoms with E-state index in [-0.39, 0.29) is 10.8 Å². The molecule has 1 amide bonds. The molecule has 0 spiro atoms. The third-order valence-corrected chi connectivity index (χ3v) is 7.48. The summed E-state index contributed by atoms with van der Waals surface area (Å²) >= 11 is 0.633. The van der Waals surface area contributed by atoms with E-state index in [0.29, 0.717) is 34.1 Å². The van der Waals surface area contributed by atoms with Gasteiger partial charge < -0.3 is 5.32 Å². The molecular formula is C21H26N2O7S2. The van der Waals surface area contributed by atoms with E-state index in [2.05, 4.69) is 21.6 Å². The van der Waals surface area contributed by atoms with Gasteiger partial charge in [-0.2, -0.15) is 8.42 Å². The standard InChI is InChI=1S/C21H26N2O7S2/c1-13-21(2,10-6-4-5-7-19(24)22-3)20-16-11-14(32(26,27)28)12-18(31-30-29-25)15(16)8-9-17(20)23-13/h8-9,11-12,25H,4-7,10H2,1-3H3,(H,22,24)(H,26,27,28). The Labute approximate surface area is 191 Å². The maximum Gasteiger partial charge on any atom is 0.294 e. The molecule has 0 aromatic heterocycles. The van der Waals surface area contributed by atoms with Crippen molar-refractivity contribution in [3.8, 4) is 0 Å². The molecule has 0 fully saturated rings. The Bertz CT molecular complexity index is 1160. The van der Waals surface area contributed by atoms with Gasteiger partial charge in [0.25, 0.3) is 10.1 Å². The minimum absolute atomic E-state index is 0.0167. The zero-order valence-corrected chi connectivity index (χ0v) is 19.7. The Kier molecular flexibility index (Phi) is 7.58. The predicted octanol–water partition coefficient (Wildman–Crippen LogP) is 4.58. The first kappa shape index (κ1) is 24.6. The summed E-state index contributed by atoms with van der Waals surface area (Å²) in [5, 5.41) is 16.1. The van der Waals surface area contributed by atoms with Gasteiger partial charge in [0.2, 0.25) is 5.91 Å². The van der Waals surface area contributed by atoms with Crippen molar-refractivity contribution in [2.75, 3.05) is 7.05 Å². The molecule has 3 N–H and O–H groups in total. The van der Waals surface area contributed by atoms with E-state index in [1.807, 2.05) is 13.0 Å². The Morgan fingerprint density at radius 3 is 2.62 bits per heavy atom. The van der Waals surface area contributed by atoms with Crippen LogP contribution in [-0.2, 0) is 29.7 Å². The quantitative estimate of drug-likeness (QED) is 0.147. The van der Waals surface area contributed by atoms with Gasteiger partial charge in [0, 0.05) is 29.5 Å². The molecule has 1 unspecified atom stereocenters. The van der Waals surface area contributed by atoms with Crippen LogP contribution in [0.5, 0.6) is 0 Å². The fourth-order valence-corrected chi connectivity index (χ4v) is 5.32. The number of benzene rings is 2. The molecule has 0 aliphatic carbocycles. The number of nitrogens with zero attached hydrogens (tertiary/aromatic N) is 1. The summed E-state index contributed by atoms with van der Waals surface area (Å²) in [5.74, 6) is 0.0167. The van der Waals surface area contributed by atoms with Crippen LogP contribution in [0.4, 0.5) is 5.69 Å². The molecule has 1 heterocycles.